The number of carbonyl (C=O) groups is 1. The second-order valence-electron chi connectivity index (χ2n) is 4.88. The summed E-state index contributed by atoms with van der Waals surface area (Å²) in [4.78, 5) is 16.8. The summed E-state index contributed by atoms with van der Waals surface area (Å²) in [6, 6.07) is 4.58. The molecule has 2 rings (SSSR count). The van der Waals surface area contributed by atoms with Gasteiger partial charge in [-0.25, -0.2) is 13.2 Å². The topological polar surface area (TPSA) is 87.6 Å². The molecule has 0 aromatic carbocycles. The molecule has 0 aliphatic rings. The minimum absolute atomic E-state index is 0.0681. The summed E-state index contributed by atoms with van der Waals surface area (Å²) in [7, 11) is -2.11. The molecule has 0 amide bonds. The molecule has 2 aromatic heterocycles. The molecule has 0 unspecified atom stereocenters. The molecule has 0 aliphatic heterocycles. The Morgan fingerprint density at radius 3 is 2.50 bits per heavy atom. The first-order valence-electron chi connectivity index (χ1n) is 6.43. The van der Waals surface area contributed by atoms with Crippen molar-refractivity contribution in [1.29, 1.82) is 0 Å². The standard InChI is InChI=1S/C14H16N2O4S2/c1-9-6-13(10(2)21-9)22(19,20)16(3)8-12-5-4-11(7-15-12)14(17)18/h4-7H,8H2,1-3H3,(H,17,18). The lowest BCUT2D eigenvalue weighted by Gasteiger charge is -2.16. The number of carboxylic acids is 1. The van der Waals surface area contributed by atoms with Gasteiger partial charge in [-0.15, -0.1) is 11.3 Å². The van der Waals surface area contributed by atoms with Gasteiger partial charge in [0.05, 0.1) is 22.7 Å². The Hall–Kier alpha value is -1.77. The van der Waals surface area contributed by atoms with Gasteiger partial charge < -0.3 is 5.11 Å². The van der Waals surface area contributed by atoms with Crippen LogP contribution in [0.4, 0.5) is 0 Å². The highest BCUT2D eigenvalue weighted by molar-refractivity contribution is 7.89. The van der Waals surface area contributed by atoms with E-state index in [0.717, 1.165) is 9.75 Å². The van der Waals surface area contributed by atoms with Gasteiger partial charge in [0, 0.05) is 23.0 Å². The van der Waals surface area contributed by atoms with Crippen molar-refractivity contribution in [2.24, 2.45) is 0 Å². The molecular weight excluding hydrogens is 324 g/mol. The van der Waals surface area contributed by atoms with E-state index in [2.05, 4.69) is 4.98 Å². The molecule has 118 valence electrons. The number of aromatic nitrogens is 1. The quantitative estimate of drug-likeness (QED) is 0.902. The van der Waals surface area contributed by atoms with E-state index in [0.29, 0.717) is 10.6 Å². The van der Waals surface area contributed by atoms with Crippen LogP contribution in [0.15, 0.2) is 29.3 Å². The highest BCUT2D eigenvalue weighted by Gasteiger charge is 2.24. The fraction of sp³-hybridized carbons (Fsp3) is 0.286. The van der Waals surface area contributed by atoms with E-state index in [-0.39, 0.29) is 12.1 Å². The summed E-state index contributed by atoms with van der Waals surface area (Å²) < 4.78 is 26.3. The molecule has 0 bridgehead atoms. The number of rotatable bonds is 5. The summed E-state index contributed by atoms with van der Waals surface area (Å²) in [5.74, 6) is -1.07. The summed E-state index contributed by atoms with van der Waals surface area (Å²) in [6.45, 7) is 3.72. The van der Waals surface area contributed by atoms with Gasteiger partial charge in [-0.3, -0.25) is 4.98 Å². The first-order valence-corrected chi connectivity index (χ1v) is 8.69. The van der Waals surface area contributed by atoms with Crippen LogP contribution in [0.25, 0.3) is 0 Å². The maximum atomic E-state index is 12.6. The number of thiophene rings is 1. The maximum absolute atomic E-state index is 12.6. The third kappa shape index (κ3) is 3.34. The average molecular weight is 340 g/mol. The molecule has 1 N–H and O–H groups in total. The Morgan fingerprint density at radius 1 is 1.36 bits per heavy atom. The van der Waals surface area contributed by atoms with Crippen LogP contribution in [0.5, 0.6) is 0 Å². The van der Waals surface area contributed by atoms with Crippen LogP contribution < -0.4 is 0 Å². The minimum atomic E-state index is -3.59. The van der Waals surface area contributed by atoms with E-state index in [1.807, 2.05) is 6.92 Å². The highest BCUT2D eigenvalue weighted by Crippen LogP contribution is 2.27. The molecule has 6 nitrogen and oxygen atoms in total. The van der Waals surface area contributed by atoms with Gasteiger partial charge in [0.1, 0.15) is 0 Å². The van der Waals surface area contributed by atoms with E-state index >= 15 is 0 Å². The monoisotopic (exact) mass is 340 g/mol. The predicted molar refractivity (Wildman–Crippen MR) is 83.6 cm³/mol. The molecule has 22 heavy (non-hydrogen) atoms. The van der Waals surface area contributed by atoms with Crippen molar-refractivity contribution in [2.75, 3.05) is 7.05 Å². The SMILES string of the molecule is Cc1cc(S(=O)(=O)N(C)Cc2ccc(C(=O)O)cn2)c(C)s1. The fourth-order valence-corrected chi connectivity index (χ4v) is 4.65. The van der Waals surface area contributed by atoms with E-state index in [1.54, 1.807) is 13.0 Å². The third-order valence-electron chi connectivity index (χ3n) is 3.14. The van der Waals surface area contributed by atoms with Gasteiger partial charge in [0.15, 0.2) is 0 Å². The zero-order chi connectivity index (χ0) is 16.5. The van der Waals surface area contributed by atoms with Gasteiger partial charge in [-0.2, -0.15) is 4.31 Å². The van der Waals surface area contributed by atoms with Crippen LogP contribution in [0.3, 0.4) is 0 Å². The second kappa shape index (κ2) is 6.15. The normalized spacial score (nSPS) is 11.8. The minimum Gasteiger partial charge on any atom is -0.478 e. The van der Waals surface area contributed by atoms with Crippen LogP contribution in [0, 0.1) is 13.8 Å². The number of hydrogen-bond acceptors (Lipinski definition) is 5. The fourth-order valence-electron chi connectivity index (χ4n) is 1.99. The van der Waals surface area contributed by atoms with Crippen LogP contribution in [-0.2, 0) is 16.6 Å². The molecule has 0 saturated heterocycles. The Morgan fingerprint density at radius 2 is 2.05 bits per heavy atom. The van der Waals surface area contributed by atoms with Gasteiger partial charge in [0.2, 0.25) is 10.0 Å². The predicted octanol–water partition coefficient (Wildman–Crippen LogP) is 2.28. The highest BCUT2D eigenvalue weighted by atomic mass is 32.2. The Bertz CT molecular complexity index is 795. The number of hydrogen-bond donors (Lipinski definition) is 1. The molecule has 2 heterocycles. The smallest absolute Gasteiger partial charge is 0.337 e. The number of aromatic carboxylic acids is 1. The van der Waals surface area contributed by atoms with Crippen LogP contribution in [0.1, 0.15) is 25.8 Å². The molecule has 0 fully saturated rings. The molecule has 0 saturated carbocycles. The zero-order valence-corrected chi connectivity index (χ0v) is 14.0. The summed E-state index contributed by atoms with van der Waals surface area (Å²) >= 11 is 1.44. The van der Waals surface area contributed by atoms with Crippen LogP contribution in [0.2, 0.25) is 0 Å². The van der Waals surface area contributed by atoms with E-state index in [4.69, 9.17) is 5.11 Å². The number of sulfonamides is 1. The van der Waals surface area contributed by atoms with Crippen molar-refractivity contribution in [3.8, 4) is 0 Å². The lowest BCUT2D eigenvalue weighted by Crippen LogP contribution is -2.27. The van der Waals surface area contributed by atoms with Crippen LogP contribution >= 0.6 is 11.3 Å². The van der Waals surface area contributed by atoms with E-state index in [1.165, 1.54) is 41.0 Å². The van der Waals surface area contributed by atoms with Gasteiger partial charge >= 0.3 is 5.97 Å². The number of pyridine rings is 1. The Kier molecular flexibility index (Phi) is 4.64. The summed E-state index contributed by atoms with van der Waals surface area (Å²) in [5, 5.41) is 8.82. The van der Waals surface area contributed by atoms with Gasteiger partial charge in [-0.1, -0.05) is 0 Å². The Balaban J connectivity index is 2.22. The molecule has 0 radical (unpaired) electrons. The first-order chi connectivity index (χ1) is 10.2. The molecule has 0 spiro atoms. The average Bonchev–Trinajstić information content (AvgIpc) is 2.79. The zero-order valence-electron chi connectivity index (χ0n) is 12.4. The second-order valence-corrected chi connectivity index (χ2v) is 8.36. The Labute approximate surface area is 133 Å². The molecule has 0 atom stereocenters. The van der Waals surface area contributed by atoms with Crippen molar-refractivity contribution in [1.82, 2.24) is 9.29 Å². The lowest BCUT2D eigenvalue weighted by atomic mass is 10.2. The molecule has 0 aliphatic carbocycles. The maximum Gasteiger partial charge on any atom is 0.337 e. The first kappa shape index (κ1) is 16.6. The van der Waals surface area contributed by atoms with E-state index < -0.39 is 16.0 Å². The van der Waals surface area contributed by atoms with E-state index in [9.17, 15) is 13.2 Å². The number of nitrogens with zero attached hydrogens (tertiary/aromatic N) is 2. The molecule has 8 heteroatoms. The van der Waals surface area contributed by atoms with Gasteiger partial charge in [0.25, 0.3) is 0 Å². The van der Waals surface area contributed by atoms with Crippen molar-refractivity contribution in [2.45, 2.75) is 25.3 Å². The van der Waals surface area contributed by atoms with Crippen molar-refractivity contribution < 1.29 is 18.3 Å². The van der Waals surface area contributed by atoms with Crippen molar-refractivity contribution in [3.05, 3.63) is 45.4 Å². The van der Waals surface area contributed by atoms with Crippen molar-refractivity contribution >= 4 is 27.3 Å². The molecular formula is C14H16N2O4S2. The summed E-state index contributed by atoms with van der Waals surface area (Å²) in [5.41, 5.74) is 0.555. The largest absolute Gasteiger partial charge is 0.478 e. The van der Waals surface area contributed by atoms with Crippen molar-refractivity contribution in [3.63, 3.8) is 0 Å². The number of aryl methyl sites for hydroxylation is 2. The van der Waals surface area contributed by atoms with Gasteiger partial charge in [-0.05, 0) is 32.0 Å². The molecule has 2 aromatic rings. The number of carboxylic acid groups (broad SMARTS) is 1. The lowest BCUT2D eigenvalue weighted by molar-refractivity contribution is 0.0696. The third-order valence-corrected chi connectivity index (χ3v) is 6.16. The van der Waals surface area contributed by atoms with Crippen LogP contribution in [-0.4, -0.2) is 35.8 Å². The summed E-state index contributed by atoms with van der Waals surface area (Å²) in [6.07, 6.45) is 1.22.